The fourth-order valence-corrected chi connectivity index (χ4v) is 1.34. The minimum absolute atomic E-state index is 0.478. The average molecular weight is 194 g/mol. The van der Waals surface area contributed by atoms with Crippen molar-refractivity contribution in [3.8, 4) is 0 Å². The Kier molecular flexibility index (Phi) is 5.44. The van der Waals surface area contributed by atoms with Crippen LogP contribution in [0.1, 0.15) is 19.8 Å². The Morgan fingerprint density at radius 3 is 2.50 bits per heavy atom. The van der Waals surface area contributed by atoms with E-state index in [-0.39, 0.29) is 0 Å². The highest BCUT2D eigenvalue weighted by atomic mass is 32.2. The molecule has 0 heterocycles. The number of hydrogen-bond donors (Lipinski definition) is 2. The van der Waals surface area contributed by atoms with Crippen LogP contribution in [-0.4, -0.2) is 27.8 Å². The van der Waals surface area contributed by atoms with Gasteiger partial charge in [-0.2, -0.15) is 0 Å². The summed E-state index contributed by atoms with van der Waals surface area (Å²) < 4.78 is 23.7. The van der Waals surface area contributed by atoms with Crippen molar-refractivity contribution in [2.24, 2.45) is 11.7 Å². The summed E-state index contributed by atoms with van der Waals surface area (Å²) in [5, 5.41) is 0. The van der Waals surface area contributed by atoms with Crippen LogP contribution in [0.15, 0.2) is 0 Å². The predicted molar refractivity (Wildman–Crippen MR) is 50.3 cm³/mol. The molecule has 1 unspecified atom stereocenters. The third kappa shape index (κ3) is 7.97. The Labute approximate surface area is 74.6 Å². The van der Waals surface area contributed by atoms with E-state index in [9.17, 15) is 8.42 Å². The molecule has 0 radical (unpaired) electrons. The lowest BCUT2D eigenvalue weighted by molar-refractivity contribution is 0.514. The highest BCUT2D eigenvalue weighted by Gasteiger charge is 2.01. The van der Waals surface area contributed by atoms with Gasteiger partial charge in [0.05, 0.1) is 6.26 Å². The van der Waals surface area contributed by atoms with Crippen LogP contribution in [-0.2, 0) is 10.0 Å². The maximum atomic E-state index is 10.6. The quantitative estimate of drug-likeness (QED) is 0.580. The molecule has 74 valence electrons. The van der Waals surface area contributed by atoms with Gasteiger partial charge in [-0.3, -0.25) is 0 Å². The van der Waals surface area contributed by atoms with E-state index in [1.165, 1.54) is 6.26 Å². The molecule has 0 aliphatic carbocycles. The van der Waals surface area contributed by atoms with Crippen LogP contribution in [0.25, 0.3) is 0 Å². The van der Waals surface area contributed by atoms with Crippen molar-refractivity contribution >= 4 is 10.0 Å². The second-order valence-electron chi connectivity index (χ2n) is 3.15. The number of nitrogens with two attached hydrogens (primary N) is 1. The minimum atomic E-state index is -3.01. The lowest BCUT2D eigenvalue weighted by atomic mass is 10.1. The molecule has 5 heteroatoms. The van der Waals surface area contributed by atoms with Crippen LogP contribution in [0.5, 0.6) is 0 Å². The van der Waals surface area contributed by atoms with Crippen LogP contribution in [0.3, 0.4) is 0 Å². The highest BCUT2D eigenvalue weighted by molar-refractivity contribution is 7.88. The SMILES string of the molecule is CC(CN)CCCNS(C)(=O)=O. The summed E-state index contributed by atoms with van der Waals surface area (Å²) in [4.78, 5) is 0. The Balaban J connectivity index is 3.34. The monoisotopic (exact) mass is 194 g/mol. The van der Waals surface area contributed by atoms with Gasteiger partial charge in [-0.25, -0.2) is 13.1 Å². The largest absolute Gasteiger partial charge is 0.330 e. The first kappa shape index (κ1) is 11.9. The van der Waals surface area contributed by atoms with Crippen molar-refractivity contribution in [2.45, 2.75) is 19.8 Å². The third-order valence-corrected chi connectivity index (χ3v) is 2.37. The van der Waals surface area contributed by atoms with E-state index in [2.05, 4.69) is 11.6 Å². The van der Waals surface area contributed by atoms with Gasteiger partial charge < -0.3 is 5.73 Å². The zero-order valence-electron chi connectivity index (χ0n) is 7.71. The van der Waals surface area contributed by atoms with E-state index < -0.39 is 10.0 Å². The molecule has 0 saturated heterocycles. The van der Waals surface area contributed by atoms with Crippen molar-refractivity contribution in [3.63, 3.8) is 0 Å². The zero-order chi connectivity index (χ0) is 9.61. The summed E-state index contributed by atoms with van der Waals surface area (Å²) in [6.07, 6.45) is 2.99. The molecule has 0 aromatic rings. The molecular formula is C7H18N2O2S. The number of nitrogens with one attached hydrogen (secondary N) is 1. The molecule has 3 N–H and O–H groups in total. The molecule has 1 atom stereocenters. The fourth-order valence-electron chi connectivity index (χ4n) is 0.826. The summed E-state index contributed by atoms with van der Waals surface area (Å²) in [7, 11) is -3.01. The molecule has 0 aromatic heterocycles. The van der Waals surface area contributed by atoms with E-state index in [1.807, 2.05) is 0 Å². The first-order valence-corrected chi connectivity index (χ1v) is 5.99. The van der Waals surface area contributed by atoms with Crippen molar-refractivity contribution in [1.29, 1.82) is 0 Å². The van der Waals surface area contributed by atoms with E-state index >= 15 is 0 Å². The normalized spacial score (nSPS) is 14.6. The van der Waals surface area contributed by atoms with Gasteiger partial charge in [-0.05, 0) is 25.3 Å². The zero-order valence-corrected chi connectivity index (χ0v) is 8.52. The molecule has 0 aliphatic heterocycles. The molecule has 4 nitrogen and oxygen atoms in total. The molecule has 0 spiro atoms. The van der Waals surface area contributed by atoms with Gasteiger partial charge in [0.1, 0.15) is 0 Å². The number of rotatable bonds is 6. The lowest BCUT2D eigenvalue weighted by Gasteiger charge is -2.07. The van der Waals surface area contributed by atoms with Crippen LogP contribution < -0.4 is 10.5 Å². The van der Waals surface area contributed by atoms with Crippen LogP contribution in [0.2, 0.25) is 0 Å². The summed E-state index contributed by atoms with van der Waals surface area (Å²) in [5.74, 6) is 0.478. The molecule has 0 saturated carbocycles. The summed E-state index contributed by atoms with van der Waals surface area (Å²) in [5.41, 5.74) is 5.40. The Bertz CT molecular complexity index is 201. The Hall–Kier alpha value is -0.130. The van der Waals surface area contributed by atoms with Gasteiger partial charge in [0.25, 0.3) is 0 Å². The maximum absolute atomic E-state index is 10.6. The van der Waals surface area contributed by atoms with Crippen molar-refractivity contribution in [3.05, 3.63) is 0 Å². The summed E-state index contributed by atoms with van der Waals surface area (Å²) in [6, 6.07) is 0. The van der Waals surface area contributed by atoms with Crippen molar-refractivity contribution in [2.75, 3.05) is 19.3 Å². The van der Waals surface area contributed by atoms with E-state index in [0.717, 1.165) is 12.8 Å². The van der Waals surface area contributed by atoms with Gasteiger partial charge in [-0.15, -0.1) is 0 Å². The van der Waals surface area contributed by atoms with Crippen molar-refractivity contribution < 1.29 is 8.42 Å². The highest BCUT2D eigenvalue weighted by Crippen LogP contribution is 2.01. The van der Waals surface area contributed by atoms with Gasteiger partial charge in [0.2, 0.25) is 10.0 Å². The second kappa shape index (κ2) is 5.50. The molecule has 0 aromatic carbocycles. The van der Waals surface area contributed by atoms with E-state index in [1.54, 1.807) is 0 Å². The Morgan fingerprint density at radius 1 is 1.50 bits per heavy atom. The number of sulfonamides is 1. The standard InChI is InChI=1S/C7H18N2O2S/c1-7(6-8)4-3-5-9-12(2,10)11/h7,9H,3-6,8H2,1-2H3. The maximum Gasteiger partial charge on any atom is 0.208 e. The molecule has 0 rings (SSSR count). The molecule has 0 aliphatic rings. The molecule has 0 amide bonds. The molecular weight excluding hydrogens is 176 g/mol. The van der Waals surface area contributed by atoms with Gasteiger partial charge in [0, 0.05) is 6.54 Å². The first-order chi connectivity index (χ1) is 5.45. The summed E-state index contributed by atoms with van der Waals surface area (Å²) >= 11 is 0. The summed E-state index contributed by atoms with van der Waals surface area (Å²) in [6.45, 7) is 3.24. The van der Waals surface area contributed by atoms with Crippen LogP contribution in [0, 0.1) is 5.92 Å². The van der Waals surface area contributed by atoms with E-state index in [0.29, 0.717) is 19.0 Å². The minimum Gasteiger partial charge on any atom is -0.330 e. The first-order valence-electron chi connectivity index (χ1n) is 4.10. The van der Waals surface area contributed by atoms with Gasteiger partial charge in [-0.1, -0.05) is 6.92 Å². The van der Waals surface area contributed by atoms with Crippen LogP contribution >= 0.6 is 0 Å². The predicted octanol–water partition coefficient (Wildman–Crippen LogP) is -0.0894. The lowest BCUT2D eigenvalue weighted by Crippen LogP contribution is -2.23. The molecule has 0 bridgehead atoms. The molecule has 12 heavy (non-hydrogen) atoms. The van der Waals surface area contributed by atoms with E-state index in [4.69, 9.17) is 5.73 Å². The van der Waals surface area contributed by atoms with Gasteiger partial charge >= 0.3 is 0 Å². The fraction of sp³-hybridized carbons (Fsp3) is 1.00. The number of hydrogen-bond acceptors (Lipinski definition) is 3. The van der Waals surface area contributed by atoms with Gasteiger partial charge in [0.15, 0.2) is 0 Å². The smallest absolute Gasteiger partial charge is 0.208 e. The second-order valence-corrected chi connectivity index (χ2v) is 4.98. The van der Waals surface area contributed by atoms with Crippen molar-refractivity contribution in [1.82, 2.24) is 4.72 Å². The third-order valence-electron chi connectivity index (χ3n) is 1.64. The average Bonchev–Trinajstić information content (AvgIpc) is 1.96. The Morgan fingerprint density at radius 2 is 2.08 bits per heavy atom. The molecule has 0 fully saturated rings. The van der Waals surface area contributed by atoms with Crippen LogP contribution in [0.4, 0.5) is 0 Å². The topological polar surface area (TPSA) is 72.2 Å².